The maximum absolute atomic E-state index is 10.4. The summed E-state index contributed by atoms with van der Waals surface area (Å²) in [7, 11) is 1.62. The van der Waals surface area contributed by atoms with Crippen LogP contribution in [-0.4, -0.2) is 28.4 Å². The van der Waals surface area contributed by atoms with Gasteiger partial charge in [0.1, 0.15) is 18.0 Å². The Labute approximate surface area is 141 Å². The van der Waals surface area contributed by atoms with Crippen LogP contribution in [0.4, 0.5) is 0 Å². The second-order valence-corrected chi connectivity index (χ2v) is 6.13. The van der Waals surface area contributed by atoms with Gasteiger partial charge in [0.05, 0.1) is 24.7 Å². The van der Waals surface area contributed by atoms with Gasteiger partial charge in [-0.05, 0) is 38.1 Å². The van der Waals surface area contributed by atoms with Crippen molar-refractivity contribution >= 4 is 11.0 Å². The molecule has 0 aliphatic carbocycles. The number of hydrogen-bond donors (Lipinski definition) is 1. The molecule has 0 saturated heterocycles. The SMILES string of the molecule is COc1ccccc1OCCn1c(C(C)(C)O)nc2ccccc21. The van der Waals surface area contributed by atoms with Crippen LogP contribution in [0.15, 0.2) is 48.5 Å². The van der Waals surface area contributed by atoms with Crippen molar-refractivity contribution < 1.29 is 14.6 Å². The normalized spacial score (nSPS) is 11.7. The Morgan fingerprint density at radius 3 is 2.42 bits per heavy atom. The first-order valence-electron chi connectivity index (χ1n) is 7.94. The van der Waals surface area contributed by atoms with Crippen molar-refractivity contribution in [3.63, 3.8) is 0 Å². The molecule has 0 saturated carbocycles. The van der Waals surface area contributed by atoms with E-state index in [-0.39, 0.29) is 0 Å². The third-order valence-corrected chi connectivity index (χ3v) is 3.84. The molecule has 0 radical (unpaired) electrons. The van der Waals surface area contributed by atoms with E-state index in [2.05, 4.69) is 4.98 Å². The highest BCUT2D eigenvalue weighted by Gasteiger charge is 2.24. The van der Waals surface area contributed by atoms with E-state index < -0.39 is 5.60 Å². The van der Waals surface area contributed by atoms with Crippen LogP contribution in [0, 0.1) is 0 Å². The van der Waals surface area contributed by atoms with Crippen LogP contribution in [0.3, 0.4) is 0 Å². The lowest BCUT2D eigenvalue weighted by atomic mass is 10.1. The predicted octanol–water partition coefficient (Wildman–Crippen LogP) is 3.35. The van der Waals surface area contributed by atoms with Crippen LogP contribution in [-0.2, 0) is 12.1 Å². The number of hydrogen-bond acceptors (Lipinski definition) is 4. The van der Waals surface area contributed by atoms with Gasteiger partial charge in [0.2, 0.25) is 0 Å². The fourth-order valence-corrected chi connectivity index (χ4v) is 2.75. The first kappa shape index (κ1) is 16.3. The van der Waals surface area contributed by atoms with Gasteiger partial charge < -0.3 is 19.1 Å². The Morgan fingerprint density at radius 2 is 1.71 bits per heavy atom. The highest BCUT2D eigenvalue weighted by molar-refractivity contribution is 5.76. The summed E-state index contributed by atoms with van der Waals surface area (Å²) in [6, 6.07) is 15.4. The second kappa shape index (κ2) is 6.53. The average Bonchev–Trinajstić information content (AvgIpc) is 2.94. The van der Waals surface area contributed by atoms with E-state index in [0.717, 1.165) is 11.0 Å². The topological polar surface area (TPSA) is 56.5 Å². The monoisotopic (exact) mass is 326 g/mol. The molecule has 0 amide bonds. The number of methoxy groups -OCH3 is 1. The van der Waals surface area contributed by atoms with Gasteiger partial charge >= 0.3 is 0 Å². The minimum absolute atomic E-state index is 0.448. The largest absolute Gasteiger partial charge is 0.493 e. The van der Waals surface area contributed by atoms with Crippen molar-refractivity contribution in [1.29, 1.82) is 0 Å². The van der Waals surface area contributed by atoms with E-state index in [9.17, 15) is 5.11 Å². The third-order valence-electron chi connectivity index (χ3n) is 3.84. The molecule has 0 atom stereocenters. The van der Waals surface area contributed by atoms with Crippen molar-refractivity contribution in [2.75, 3.05) is 13.7 Å². The fourth-order valence-electron chi connectivity index (χ4n) is 2.75. The summed E-state index contributed by atoms with van der Waals surface area (Å²) in [5.41, 5.74) is 0.828. The zero-order valence-electron chi connectivity index (χ0n) is 14.2. The molecule has 5 heteroatoms. The van der Waals surface area contributed by atoms with Crippen LogP contribution in [0.5, 0.6) is 11.5 Å². The average molecular weight is 326 g/mol. The molecule has 0 bridgehead atoms. The molecule has 2 aromatic carbocycles. The van der Waals surface area contributed by atoms with Crippen molar-refractivity contribution in [3.8, 4) is 11.5 Å². The molecule has 126 valence electrons. The highest BCUT2D eigenvalue weighted by Crippen LogP contribution is 2.27. The summed E-state index contributed by atoms with van der Waals surface area (Å²) in [6.45, 7) is 4.51. The lowest BCUT2D eigenvalue weighted by Crippen LogP contribution is -2.23. The van der Waals surface area contributed by atoms with Crippen LogP contribution < -0.4 is 9.47 Å². The van der Waals surface area contributed by atoms with Gasteiger partial charge in [-0.3, -0.25) is 0 Å². The lowest BCUT2D eigenvalue weighted by molar-refractivity contribution is 0.0644. The van der Waals surface area contributed by atoms with E-state index in [1.807, 2.05) is 53.1 Å². The maximum Gasteiger partial charge on any atom is 0.161 e. The number of ether oxygens (including phenoxy) is 2. The summed E-state index contributed by atoms with van der Waals surface area (Å²) in [6.07, 6.45) is 0. The standard InChI is InChI=1S/C19H22N2O3/c1-19(2,22)18-20-14-8-4-5-9-15(14)21(18)12-13-24-17-11-7-6-10-16(17)23-3/h4-11,22H,12-13H2,1-3H3. The summed E-state index contributed by atoms with van der Waals surface area (Å²) < 4.78 is 13.2. The van der Waals surface area contributed by atoms with Crippen LogP contribution >= 0.6 is 0 Å². The number of aliphatic hydroxyl groups is 1. The number of benzene rings is 2. The summed E-state index contributed by atoms with van der Waals surface area (Å²) in [4.78, 5) is 4.58. The van der Waals surface area contributed by atoms with Gasteiger partial charge in [0, 0.05) is 0 Å². The molecular weight excluding hydrogens is 304 g/mol. The van der Waals surface area contributed by atoms with Crippen LogP contribution in [0.2, 0.25) is 0 Å². The van der Waals surface area contributed by atoms with E-state index >= 15 is 0 Å². The van der Waals surface area contributed by atoms with Crippen molar-refractivity contribution in [2.45, 2.75) is 26.0 Å². The number of nitrogens with zero attached hydrogens (tertiary/aromatic N) is 2. The van der Waals surface area contributed by atoms with E-state index in [4.69, 9.17) is 9.47 Å². The van der Waals surface area contributed by atoms with Gasteiger partial charge in [0.25, 0.3) is 0 Å². The first-order chi connectivity index (χ1) is 11.5. The van der Waals surface area contributed by atoms with Gasteiger partial charge in [-0.1, -0.05) is 24.3 Å². The number of imidazole rings is 1. The number of para-hydroxylation sites is 4. The van der Waals surface area contributed by atoms with Crippen LogP contribution in [0.25, 0.3) is 11.0 Å². The van der Waals surface area contributed by atoms with E-state index in [1.54, 1.807) is 21.0 Å². The lowest BCUT2D eigenvalue weighted by Gasteiger charge is -2.19. The van der Waals surface area contributed by atoms with E-state index in [1.165, 1.54) is 0 Å². The Kier molecular flexibility index (Phi) is 4.44. The molecule has 0 aliphatic heterocycles. The summed E-state index contributed by atoms with van der Waals surface area (Å²) in [5, 5.41) is 10.4. The fraction of sp³-hybridized carbons (Fsp3) is 0.316. The zero-order valence-corrected chi connectivity index (χ0v) is 14.2. The maximum atomic E-state index is 10.4. The molecule has 5 nitrogen and oxygen atoms in total. The van der Waals surface area contributed by atoms with Gasteiger partial charge in [-0.2, -0.15) is 0 Å². The zero-order chi connectivity index (χ0) is 17.2. The molecule has 0 aliphatic rings. The number of rotatable bonds is 6. The highest BCUT2D eigenvalue weighted by atomic mass is 16.5. The van der Waals surface area contributed by atoms with Gasteiger partial charge in [-0.25, -0.2) is 4.98 Å². The van der Waals surface area contributed by atoms with Crippen LogP contribution in [0.1, 0.15) is 19.7 Å². The smallest absolute Gasteiger partial charge is 0.161 e. The molecule has 24 heavy (non-hydrogen) atoms. The van der Waals surface area contributed by atoms with Crippen molar-refractivity contribution in [1.82, 2.24) is 9.55 Å². The Bertz CT molecular complexity index is 834. The Morgan fingerprint density at radius 1 is 1.04 bits per heavy atom. The summed E-state index contributed by atoms with van der Waals surface area (Å²) >= 11 is 0. The van der Waals surface area contributed by atoms with E-state index in [0.29, 0.717) is 30.5 Å². The molecule has 3 rings (SSSR count). The quantitative estimate of drug-likeness (QED) is 0.755. The molecule has 1 aromatic heterocycles. The Hall–Kier alpha value is -2.53. The third kappa shape index (κ3) is 3.21. The second-order valence-electron chi connectivity index (χ2n) is 6.13. The molecule has 3 aromatic rings. The number of aromatic nitrogens is 2. The molecular formula is C19H22N2O3. The molecule has 0 fully saturated rings. The predicted molar refractivity (Wildman–Crippen MR) is 93.5 cm³/mol. The summed E-state index contributed by atoms with van der Waals surface area (Å²) in [5.74, 6) is 2.04. The van der Waals surface area contributed by atoms with Gasteiger partial charge in [-0.15, -0.1) is 0 Å². The minimum Gasteiger partial charge on any atom is -0.493 e. The molecule has 1 N–H and O–H groups in total. The Balaban J connectivity index is 1.84. The molecule has 0 unspecified atom stereocenters. The minimum atomic E-state index is -1.02. The molecule has 0 spiro atoms. The first-order valence-corrected chi connectivity index (χ1v) is 7.94. The molecule has 1 heterocycles. The number of fused-ring (bicyclic) bond motifs is 1. The van der Waals surface area contributed by atoms with Crippen molar-refractivity contribution in [2.24, 2.45) is 0 Å². The van der Waals surface area contributed by atoms with Gasteiger partial charge in [0.15, 0.2) is 11.5 Å². The van der Waals surface area contributed by atoms with Crippen molar-refractivity contribution in [3.05, 3.63) is 54.4 Å².